The predicted octanol–water partition coefficient (Wildman–Crippen LogP) is 5.65. The summed E-state index contributed by atoms with van der Waals surface area (Å²) in [5, 5.41) is 10.7. The average molecular weight is 485 g/mol. The van der Waals surface area contributed by atoms with Crippen LogP contribution in [-0.4, -0.2) is 53.9 Å². The first-order chi connectivity index (χ1) is 17.6. The highest BCUT2D eigenvalue weighted by Gasteiger charge is 2.24. The van der Waals surface area contributed by atoms with Gasteiger partial charge in [0.25, 0.3) is 0 Å². The molecule has 1 aromatic heterocycles. The monoisotopic (exact) mass is 484 g/mol. The lowest BCUT2D eigenvalue weighted by Crippen LogP contribution is -2.35. The maximum Gasteiger partial charge on any atom is 0.339 e. The van der Waals surface area contributed by atoms with Gasteiger partial charge in [-0.3, -0.25) is 4.90 Å². The lowest BCUT2D eigenvalue weighted by atomic mass is 9.89. The van der Waals surface area contributed by atoms with Crippen LogP contribution in [-0.2, 0) is 6.54 Å². The molecule has 0 radical (unpaired) electrons. The molecule has 4 aromatic rings. The summed E-state index contributed by atoms with van der Waals surface area (Å²) < 4.78 is 13.5. The van der Waals surface area contributed by atoms with Gasteiger partial charge >= 0.3 is 5.97 Å². The molecule has 6 nitrogen and oxygen atoms in total. The third kappa shape index (κ3) is 5.24. The Morgan fingerprint density at radius 2 is 1.69 bits per heavy atom. The number of fused-ring (bicyclic) bond motifs is 1. The average Bonchev–Trinajstić information content (AvgIpc) is 3.28. The van der Waals surface area contributed by atoms with Gasteiger partial charge in [0.15, 0.2) is 0 Å². The Kier molecular flexibility index (Phi) is 7.23. The van der Waals surface area contributed by atoms with E-state index in [0.717, 1.165) is 44.8 Å². The number of hydrogen-bond donors (Lipinski definition) is 1. The predicted molar refractivity (Wildman–Crippen MR) is 141 cm³/mol. The molecule has 0 unspecified atom stereocenters. The van der Waals surface area contributed by atoms with Crippen LogP contribution in [0.5, 0.6) is 11.5 Å². The summed E-state index contributed by atoms with van der Waals surface area (Å²) in [5.74, 6) is 0.874. The van der Waals surface area contributed by atoms with Crippen LogP contribution < -0.4 is 9.47 Å². The Labute approximate surface area is 211 Å². The largest absolute Gasteiger partial charge is 0.497 e. The van der Waals surface area contributed by atoms with E-state index < -0.39 is 5.97 Å². The molecule has 1 fully saturated rings. The SMILES string of the molecule is COc1ccc(Cn2cc(C3CCN(CCOc4ccccc4C(=O)O)CC3)c3ccccc32)cc1. The fourth-order valence-electron chi connectivity index (χ4n) is 5.18. The van der Waals surface area contributed by atoms with Crippen LogP contribution in [0.1, 0.15) is 40.2 Å². The lowest BCUT2D eigenvalue weighted by Gasteiger charge is -2.31. The standard InChI is InChI=1S/C30H32N2O4/c1-35-24-12-10-22(11-13-24)20-32-21-27(25-6-2-4-8-28(25)32)23-14-16-31(17-15-23)18-19-36-29-9-5-3-7-26(29)30(33)34/h2-13,21,23H,14-20H2,1H3,(H,33,34). The van der Waals surface area contributed by atoms with Crippen molar-refractivity contribution < 1.29 is 19.4 Å². The Morgan fingerprint density at radius 3 is 2.44 bits per heavy atom. The number of carboxylic acid groups (broad SMARTS) is 1. The van der Waals surface area contributed by atoms with Crippen LogP contribution >= 0.6 is 0 Å². The van der Waals surface area contributed by atoms with E-state index in [4.69, 9.17) is 9.47 Å². The molecule has 0 amide bonds. The number of carbonyl (C=O) groups is 1. The number of likely N-dealkylation sites (tertiary alicyclic amines) is 1. The fraction of sp³-hybridized carbons (Fsp3) is 0.300. The van der Waals surface area contributed by atoms with Crippen LogP contribution in [0.3, 0.4) is 0 Å². The third-order valence-corrected chi connectivity index (χ3v) is 7.14. The Morgan fingerprint density at radius 1 is 0.972 bits per heavy atom. The van der Waals surface area contributed by atoms with Gasteiger partial charge in [-0.1, -0.05) is 42.5 Å². The van der Waals surface area contributed by atoms with Gasteiger partial charge < -0.3 is 19.1 Å². The van der Waals surface area contributed by atoms with E-state index in [2.05, 4.69) is 52.1 Å². The highest BCUT2D eigenvalue weighted by atomic mass is 16.5. The molecule has 0 saturated carbocycles. The highest BCUT2D eigenvalue weighted by Crippen LogP contribution is 2.35. The number of nitrogens with zero attached hydrogens (tertiary/aromatic N) is 2. The van der Waals surface area contributed by atoms with Crippen molar-refractivity contribution in [2.75, 3.05) is 33.4 Å². The van der Waals surface area contributed by atoms with Crippen molar-refractivity contribution in [3.63, 3.8) is 0 Å². The molecule has 1 N–H and O–H groups in total. The zero-order valence-electron chi connectivity index (χ0n) is 20.6. The quantitative estimate of drug-likeness (QED) is 0.332. The fourth-order valence-corrected chi connectivity index (χ4v) is 5.18. The molecule has 36 heavy (non-hydrogen) atoms. The third-order valence-electron chi connectivity index (χ3n) is 7.14. The smallest absolute Gasteiger partial charge is 0.339 e. The van der Waals surface area contributed by atoms with Crippen LogP contribution in [0.15, 0.2) is 79.0 Å². The van der Waals surface area contributed by atoms with Gasteiger partial charge in [-0.2, -0.15) is 0 Å². The molecular formula is C30H32N2O4. The van der Waals surface area contributed by atoms with Crippen molar-refractivity contribution in [2.45, 2.75) is 25.3 Å². The van der Waals surface area contributed by atoms with Gasteiger partial charge in [-0.25, -0.2) is 4.79 Å². The van der Waals surface area contributed by atoms with Crippen molar-refractivity contribution in [2.24, 2.45) is 0 Å². The number of methoxy groups -OCH3 is 1. The molecule has 186 valence electrons. The molecule has 1 aliphatic rings. The first-order valence-corrected chi connectivity index (χ1v) is 12.5. The molecule has 2 heterocycles. The van der Waals surface area contributed by atoms with Crippen molar-refractivity contribution in [3.05, 3.63) is 95.7 Å². The number of ether oxygens (including phenoxy) is 2. The number of aromatic carboxylic acids is 1. The number of benzene rings is 3. The number of para-hydroxylation sites is 2. The number of piperidine rings is 1. The summed E-state index contributed by atoms with van der Waals surface area (Å²) >= 11 is 0. The first-order valence-electron chi connectivity index (χ1n) is 12.5. The minimum Gasteiger partial charge on any atom is -0.497 e. The van der Waals surface area contributed by atoms with Crippen LogP contribution in [0.4, 0.5) is 0 Å². The summed E-state index contributed by atoms with van der Waals surface area (Å²) in [6, 6.07) is 23.8. The molecule has 3 aromatic carbocycles. The van der Waals surface area contributed by atoms with Crippen molar-refractivity contribution in [1.82, 2.24) is 9.47 Å². The zero-order chi connectivity index (χ0) is 24.9. The van der Waals surface area contributed by atoms with Gasteiger partial charge in [0.1, 0.15) is 23.7 Å². The Hall–Kier alpha value is -3.77. The molecule has 0 spiro atoms. The van der Waals surface area contributed by atoms with E-state index >= 15 is 0 Å². The summed E-state index contributed by atoms with van der Waals surface area (Å²) in [6.07, 6.45) is 4.55. The molecule has 1 aliphatic heterocycles. The molecule has 6 heteroatoms. The van der Waals surface area contributed by atoms with Crippen molar-refractivity contribution >= 4 is 16.9 Å². The topological polar surface area (TPSA) is 63.9 Å². The van der Waals surface area contributed by atoms with Gasteiger partial charge in [0.05, 0.1) is 7.11 Å². The minimum absolute atomic E-state index is 0.210. The van der Waals surface area contributed by atoms with Crippen molar-refractivity contribution in [1.29, 1.82) is 0 Å². The van der Waals surface area contributed by atoms with Gasteiger partial charge in [-0.15, -0.1) is 0 Å². The maximum atomic E-state index is 11.4. The number of aromatic nitrogens is 1. The second kappa shape index (κ2) is 10.9. The van der Waals surface area contributed by atoms with E-state index in [1.165, 1.54) is 22.0 Å². The van der Waals surface area contributed by atoms with Crippen LogP contribution in [0, 0.1) is 0 Å². The van der Waals surface area contributed by atoms with Crippen LogP contribution in [0.2, 0.25) is 0 Å². The maximum absolute atomic E-state index is 11.4. The van der Waals surface area contributed by atoms with E-state index in [0.29, 0.717) is 18.3 Å². The molecule has 0 atom stereocenters. The van der Waals surface area contributed by atoms with Crippen LogP contribution in [0.25, 0.3) is 10.9 Å². The molecule has 0 aliphatic carbocycles. The zero-order valence-corrected chi connectivity index (χ0v) is 20.6. The number of hydrogen-bond acceptors (Lipinski definition) is 4. The van der Waals surface area contributed by atoms with E-state index in [-0.39, 0.29) is 5.56 Å². The van der Waals surface area contributed by atoms with Gasteiger partial charge in [0, 0.05) is 30.2 Å². The molecule has 0 bridgehead atoms. The van der Waals surface area contributed by atoms with E-state index in [1.807, 2.05) is 12.1 Å². The van der Waals surface area contributed by atoms with Gasteiger partial charge in [0.2, 0.25) is 0 Å². The Balaban J connectivity index is 1.21. The highest BCUT2D eigenvalue weighted by molar-refractivity contribution is 5.90. The lowest BCUT2D eigenvalue weighted by molar-refractivity contribution is 0.0691. The summed E-state index contributed by atoms with van der Waals surface area (Å²) in [4.78, 5) is 13.8. The molecule has 1 saturated heterocycles. The summed E-state index contributed by atoms with van der Waals surface area (Å²) in [6.45, 7) is 4.12. The van der Waals surface area contributed by atoms with Crippen molar-refractivity contribution in [3.8, 4) is 11.5 Å². The second-order valence-electron chi connectivity index (χ2n) is 9.34. The summed E-state index contributed by atoms with van der Waals surface area (Å²) in [5.41, 5.74) is 4.17. The Bertz CT molecular complexity index is 1320. The van der Waals surface area contributed by atoms with E-state index in [9.17, 15) is 9.90 Å². The second-order valence-corrected chi connectivity index (χ2v) is 9.34. The number of carboxylic acids is 1. The number of rotatable bonds is 9. The van der Waals surface area contributed by atoms with E-state index in [1.54, 1.807) is 31.4 Å². The first kappa shape index (κ1) is 23.9. The molecule has 5 rings (SSSR count). The van der Waals surface area contributed by atoms with Gasteiger partial charge in [-0.05, 0) is 73.3 Å². The molecular weight excluding hydrogens is 452 g/mol. The normalized spacial score (nSPS) is 14.7. The minimum atomic E-state index is -0.961. The summed E-state index contributed by atoms with van der Waals surface area (Å²) in [7, 11) is 1.69.